The maximum atomic E-state index is 11.9. The average Bonchev–Trinajstić information content (AvgIpc) is 2.42. The molecule has 0 aliphatic carbocycles. The fourth-order valence-corrected chi connectivity index (χ4v) is 3.94. The van der Waals surface area contributed by atoms with Gasteiger partial charge in [0.2, 0.25) is 0 Å². The Morgan fingerprint density at radius 2 is 1.35 bits per heavy atom. The number of rotatable bonds is 14. The van der Waals surface area contributed by atoms with Gasteiger partial charge in [0.05, 0.1) is 17.6 Å². The lowest BCUT2D eigenvalue weighted by atomic mass is 10.1. The van der Waals surface area contributed by atoms with E-state index in [0.717, 1.165) is 12.8 Å². The Labute approximate surface area is 124 Å². The van der Waals surface area contributed by atoms with Gasteiger partial charge in [-0.2, -0.15) is 0 Å². The van der Waals surface area contributed by atoms with Crippen LogP contribution in [0.3, 0.4) is 0 Å². The molecule has 5 heteroatoms. The molecule has 0 bridgehead atoms. The molecule has 20 heavy (non-hydrogen) atoms. The topological polar surface area (TPSA) is 74.6 Å². The van der Waals surface area contributed by atoms with E-state index in [4.69, 9.17) is 10.2 Å². The van der Waals surface area contributed by atoms with E-state index in [2.05, 4.69) is 6.92 Å². The van der Waals surface area contributed by atoms with Crippen molar-refractivity contribution in [3.8, 4) is 0 Å². The molecule has 0 radical (unpaired) electrons. The van der Waals surface area contributed by atoms with Gasteiger partial charge in [-0.25, -0.2) is 8.42 Å². The Balaban J connectivity index is 3.62. The average molecular weight is 308 g/mol. The lowest BCUT2D eigenvalue weighted by Crippen LogP contribution is -2.28. The molecule has 1 atom stereocenters. The predicted molar refractivity (Wildman–Crippen MR) is 83.6 cm³/mol. The lowest BCUT2D eigenvalue weighted by Gasteiger charge is -2.13. The summed E-state index contributed by atoms with van der Waals surface area (Å²) in [5.41, 5.74) is 0. The van der Waals surface area contributed by atoms with Gasteiger partial charge in [0, 0.05) is 6.61 Å². The van der Waals surface area contributed by atoms with Crippen molar-refractivity contribution in [2.45, 2.75) is 76.4 Å². The maximum Gasteiger partial charge on any atom is 0.155 e. The molecule has 4 nitrogen and oxygen atoms in total. The molecule has 0 aromatic carbocycles. The third-order valence-electron chi connectivity index (χ3n) is 3.69. The molecule has 0 saturated carbocycles. The highest BCUT2D eigenvalue weighted by Gasteiger charge is 2.23. The van der Waals surface area contributed by atoms with Crippen molar-refractivity contribution in [2.75, 3.05) is 19.0 Å². The fraction of sp³-hybridized carbons (Fsp3) is 1.00. The number of aliphatic hydroxyl groups excluding tert-OH is 2. The molecule has 0 aromatic heterocycles. The van der Waals surface area contributed by atoms with Gasteiger partial charge in [0.1, 0.15) is 0 Å². The summed E-state index contributed by atoms with van der Waals surface area (Å²) in [6.07, 6.45) is 10.4. The molecule has 0 amide bonds. The normalized spacial score (nSPS) is 13.6. The quantitative estimate of drug-likeness (QED) is 0.484. The zero-order valence-electron chi connectivity index (χ0n) is 12.9. The van der Waals surface area contributed by atoms with Crippen LogP contribution in [-0.4, -0.2) is 42.8 Å². The maximum absolute atomic E-state index is 11.9. The zero-order chi connectivity index (χ0) is 15.3. The molecular weight excluding hydrogens is 276 g/mol. The van der Waals surface area contributed by atoms with Crippen LogP contribution in [0.4, 0.5) is 0 Å². The van der Waals surface area contributed by atoms with Gasteiger partial charge in [-0.3, -0.25) is 0 Å². The van der Waals surface area contributed by atoms with Gasteiger partial charge >= 0.3 is 0 Å². The van der Waals surface area contributed by atoms with E-state index in [1.54, 1.807) is 0 Å². The first-order valence-electron chi connectivity index (χ1n) is 8.01. The number of hydrogen-bond acceptors (Lipinski definition) is 4. The van der Waals surface area contributed by atoms with Crippen LogP contribution in [0.5, 0.6) is 0 Å². The Kier molecular flexibility index (Phi) is 12.5. The molecule has 2 N–H and O–H groups in total. The van der Waals surface area contributed by atoms with Crippen molar-refractivity contribution in [1.29, 1.82) is 0 Å². The Morgan fingerprint density at radius 1 is 0.850 bits per heavy atom. The van der Waals surface area contributed by atoms with Crippen LogP contribution in [0.25, 0.3) is 0 Å². The largest absolute Gasteiger partial charge is 0.396 e. The molecular formula is C15H32O4S. The number of sulfone groups is 1. The summed E-state index contributed by atoms with van der Waals surface area (Å²) in [7, 11) is -3.25. The lowest BCUT2D eigenvalue weighted by molar-refractivity contribution is 0.243. The second kappa shape index (κ2) is 12.6. The summed E-state index contributed by atoms with van der Waals surface area (Å²) < 4.78 is 23.8. The third-order valence-corrected chi connectivity index (χ3v) is 5.95. The van der Waals surface area contributed by atoms with Crippen molar-refractivity contribution in [1.82, 2.24) is 0 Å². The van der Waals surface area contributed by atoms with Crippen LogP contribution >= 0.6 is 0 Å². The van der Waals surface area contributed by atoms with Crippen LogP contribution < -0.4 is 0 Å². The first-order valence-corrected chi connectivity index (χ1v) is 9.73. The SMILES string of the molecule is CCCCCCCCCCCS(=O)(=O)[C@@H](CO)CCO. The van der Waals surface area contributed by atoms with Crippen LogP contribution in [-0.2, 0) is 9.84 Å². The highest BCUT2D eigenvalue weighted by atomic mass is 32.2. The zero-order valence-corrected chi connectivity index (χ0v) is 13.7. The molecule has 0 unspecified atom stereocenters. The first kappa shape index (κ1) is 19.9. The van der Waals surface area contributed by atoms with Crippen molar-refractivity contribution in [3.05, 3.63) is 0 Å². The standard InChI is InChI=1S/C15H32O4S/c1-2-3-4-5-6-7-8-9-10-13-20(18,19)15(14-17)11-12-16/h15-17H,2-14H2,1H3/t15-/m1/s1. The monoisotopic (exact) mass is 308 g/mol. The molecule has 0 fully saturated rings. The van der Waals surface area contributed by atoms with E-state index in [-0.39, 0.29) is 25.4 Å². The minimum Gasteiger partial charge on any atom is -0.396 e. The Morgan fingerprint density at radius 3 is 1.80 bits per heavy atom. The summed E-state index contributed by atoms with van der Waals surface area (Å²) >= 11 is 0. The van der Waals surface area contributed by atoms with Gasteiger partial charge in [-0.15, -0.1) is 0 Å². The summed E-state index contributed by atoms with van der Waals surface area (Å²) in [5, 5.41) is 17.0. The highest BCUT2D eigenvalue weighted by molar-refractivity contribution is 7.92. The van der Waals surface area contributed by atoms with Crippen molar-refractivity contribution >= 4 is 9.84 Å². The summed E-state index contributed by atoms with van der Waals surface area (Å²) in [4.78, 5) is 0. The molecule has 0 aliphatic rings. The van der Waals surface area contributed by atoms with Gasteiger partial charge in [-0.1, -0.05) is 58.3 Å². The summed E-state index contributed by atoms with van der Waals surface area (Å²) in [6.45, 7) is 1.62. The first-order chi connectivity index (χ1) is 9.58. The number of hydrogen-bond donors (Lipinski definition) is 2. The fourth-order valence-electron chi connectivity index (χ4n) is 2.31. The van der Waals surface area contributed by atoms with Gasteiger partial charge in [0.15, 0.2) is 9.84 Å². The van der Waals surface area contributed by atoms with Crippen LogP contribution in [0.2, 0.25) is 0 Å². The van der Waals surface area contributed by atoms with Crippen molar-refractivity contribution in [3.63, 3.8) is 0 Å². The summed E-state index contributed by atoms with van der Waals surface area (Å²) in [6, 6.07) is 0. The summed E-state index contributed by atoms with van der Waals surface area (Å²) in [5.74, 6) is 0.133. The van der Waals surface area contributed by atoms with E-state index < -0.39 is 15.1 Å². The molecule has 0 heterocycles. The van der Waals surface area contributed by atoms with Crippen molar-refractivity contribution < 1.29 is 18.6 Å². The van der Waals surface area contributed by atoms with E-state index in [9.17, 15) is 8.42 Å². The molecule has 0 saturated heterocycles. The van der Waals surface area contributed by atoms with E-state index in [1.165, 1.54) is 38.5 Å². The van der Waals surface area contributed by atoms with Gasteiger partial charge < -0.3 is 10.2 Å². The minimum absolute atomic E-state index is 0.133. The van der Waals surface area contributed by atoms with Crippen LogP contribution in [0.1, 0.15) is 71.1 Å². The molecule has 0 rings (SSSR count). The van der Waals surface area contributed by atoms with Crippen LogP contribution in [0, 0.1) is 0 Å². The second-order valence-corrected chi connectivity index (χ2v) is 7.91. The van der Waals surface area contributed by atoms with E-state index in [0.29, 0.717) is 6.42 Å². The minimum atomic E-state index is -3.25. The molecule has 0 aliphatic heterocycles. The van der Waals surface area contributed by atoms with Gasteiger partial charge in [-0.05, 0) is 12.8 Å². The highest BCUT2D eigenvalue weighted by Crippen LogP contribution is 2.13. The Bertz CT molecular complexity index is 301. The van der Waals surface area contributed by atoms with Gasteiger partial charge in [0.25, 0.3) is 0 Å². The predicted octanol–water partition coefficient (Wildman–Crippen LogP) is 2.68. The Hall–Kier alpha value is -0.130. The number of aliphatic hydroxyl groups is 2. The smallest absolute Gasteiger partial charge is 0.155 e. The second-order valence-electron chi connectivity index (χ2n) is 5.51. The van der Waals surface area contributed by atoms with E-state index in [1.807, 2.05) is 0 Å². The van der Waals surface area contributed by atoms with Crippen LogP contribution in [0.15, 0.2) is 0 Å². The molecule has 122 valence electrons. The van der Waals surface area contributed by atoms with Crippen molar-refractivity contribution in [2.24, 2.45) is 0 Å². The van der Waals surface area contributed by atoms with E-state index >= 15 is 0 Å². The molecule has 0 aromatic rings. The molecule has 0 spiro atoms. The third kappa shape index (κ3) is 9.72. The number of unbranched alkanes of at least 4 members (excludes halogenated alkanes) is 8.